The number of nitrogens with zero attached hydrogens (tertiary/aromatic N) is 3. The summed E-state index contributed by atoms with van der Waals surface area (Å²) in [5.41, 5.74) is 0.0371. The molecule has 2 heterocycles. The van der Waals surface area contributed by atoms with Gasteiger partial charge in [0, 0.05) is 12.4 Å². The Kier molecular flexibility index (Phi) is 5.06. The number of ether oxygens (including phenoxy) is 2. The molecule has 1 aromatic carbocycles. The molecule has 7 heteroatoms. The third-order valence-corrected chi connectivity index (χ3v) is 4.30. The Morgan fingerprint density at radius 2 is 2.08 bits per heavy atom. The first-order chi connectivity index (χ1) is 12.0. The van der Waals surface area contributed by atoms with E-state index in [4.69, 9.17) is 9.47 Å². The lowest BCUT2D eigenvalue weighted by atomic mass is 10.1. The Morgan fingerprint density at radius 1 is 1.32 bits per heavy atom. The summed E-state index contributed by atoms with van der Waals surface area (Å²) in [6, 6.07) is 10.9. The van der Waals surface area contributed by atoms with E-state index in [9.17, 15) is 9.90 Å². The van der Waals surface area contributed by atoms with Crippen molar-refractivity contribution >= 4 is 6.09 Å². The SMILES string of the molecule is CC1(C)OC(CO)C(Cn2cccn2)N1C(=O)OCc1ccccc1. The molecule has 1 aliphatic heterocycles. The molecule has 1 amide bonds. The standard InChI is InChI=1S/C18H23N3O4/c1-18(2)21(17(23)24-13-14-7-4-3-5-8-14)15(16(12-22)25-18)11-20-10-6-9-19-20/h3-10,15-16,22H,11-13H2,1-2H3. The zero-order chi connectivity index (χ0) is 17.9. The van der Waals surface area contributed by atoms with Gasteiger partial charge < -0.3 is 14.6 Å². The molecule has 2 aromatic rings. The molecule has 2 unspecified atom stereocenters. The summed E-state index contributed by atoms with van der Waals surface area (Å²) in [5.74, 6) is 0. The number of amides is 1. The summed E-state index contributed by atoms with van der Waals surface area (Å²) in [7, 11) is 0. The van der Waals surface area contributed by atoms with Crippen LogP contribution in [0.25, 0.3) is 0 Å². The Bertz CT molecular complexity index is 688. The van der Waals surface area contributed by atoms with Gasteiger partial charge in [0.25, 0.3) is 0 Å². The molecular formula is C18H23N3O4. The zero-order valence-electron chi connectivity index (χ0n) is 14.4. The minimum Gasteiger partial charge on any atom is -0.444 e. The Morgan fingerprint density at radius 3 is 2.72 bits per heavy atom. The monoisotopic (exact) mass is 345 g/mol. The number of aromatic nitrogens is 2. The van der Waals surface area contributed by atoms with Crippen molar-refractivity contribution < 1.29 is 19.4 Å². The van der Waals surface area contributed by atoms with Crippen molar-refractivity contribution in [1.29, 1.82) is 0 Å². The minimum absolute atomic E-state index is 0.183. The first-order valence-corrected chi connectivity index (χ1v) is 8.27. The van der Waals surface area contributed by atoms with Crippen LogP contribution in [0, 0.1) is 0 Å². The zero-order valence-corrected chi connectivity index (χ0v) is 14.4. The fourth-order valence-electron chi connectivity index (χ4n) is 3.17. The highest BCUT2D eigenvalue weighted by Gasteiger charge is 2.50. The van der Waals surface area contributed by atoms with Gasteiger partial charge in [-0.25, -0.2) is 4.79 Å². The fourth-order valence-corrected chi connectivity index (χ4v) is 3.17. The average Bonchev–Trinajstić information content (AvgIpc) is 3.19. The third-order valence-electron chi connectivity index (χ3n) is 4.30. The molecule has 1 aromatic heterocycles. The number of aliphatic hydroxyl groups excluding tert-OH is 1. The number of aliphatic hydroxyl groups is 1. The number of carbonyl (C=O) groups is 1. The Hall–Kier alpha value is -2.38. The molecule has 0 bridgehead atoms. The molecule has 25 heavy (non-hydrogen) atoms. The second-order valence-corrected chi connectivity index (χ2v) is 6.49. The van der Waals surface area contributed by atoms with Crippen LogP contribution >= 0.6 is 0 Å². The van der Waals surface area contributed by atoms with Crippen LogP contribution < -0.4 is 0 Å². The molecule has 3 rings (SSSR count). The number of carbonyl (C=O) groups excluding carboxylic acids is 1. The van der Waals surface area contributed by atoms with Crippen LogP contribution in [0.4, 0.5) is 4.79 Å². The van der Waals surface area contributed by atoms with Gasteiger partial charge in [-0.1, -0.05) is 30.3 Å². The number of hydrogen-bond donors (Lipinski definition) is 1. The van der Waals surface area contributed by atoms with Crippen LogP contribution in [0.5, 0.6) is 0 Å². The van der Waals surface area contributed by atoms with Crippen LogP contribution in [0.15, 0.2) is 48.8 Å². The lowest BCUT2D eigenvalue weighted by molar-refractivity contribution is -0.0804. The normalized spacial score (nSPS) is 22.1. The quantitative estimate of drug-likeness (QED) is 0.897. The largest absolute Gasteiger partial charge is 0.444 e. The lowest BCUT2D eigenvalue weighted by Crippen LogP contribution is -2.50. The van der Waals surface area contributed by atoms with Gasteiger partial charge in [0.05, 0.1) is 19.2 Å². The maximum absolute atomic E-state index is 12.7. The van der Waals surface area contributed by atoms with E-state index in [1.807, 2.05) is 42.6 Å². The molecule has 1 saturated heterocycles. The van der Waals surface area contributed by atoms with E-state index >= 15 is 0 Å². The number of rotatable bonds is 5. The summed E-state index contributed by atoms with van der Waals surface area (Å²) >= 11 is 0. The van der Waals surface area contributed by atoms with Crippen molar-refractivity contribution in [3.05, 3.63) is 54.4 Å². The van der Waals surface area contributed by atoms with Crippen LogP contribution in [0.3, 0.4) is 0 Å². The molecule has 0 spiro atoms. The molecular weight excluding hydrogens is 322 g/mol. The fraction of sp³-hybridized carbons (Fsp3) is 0.444. The molecule has 2 atom stereocenters. The summed E-state index contributed by atoms with van der Waals surface area (Å²) in [6.07, 6.45) is 2.52. The van der Waals surface area contributed by atoms with Crippen LogP contribution in [-0.2, 0) is 22.6 Å². The molecule has 0 radical (unpaired) electrons. The van der Waals surface area contributed by atoms with Crippen molar-refractivity contribution in [3.8, 4) is 0 Å². The predicted octanol–water partition coefficient (Wildman–Crippen LogP) is 2.02. The second kappa shape index (κ2) is 7.25. The minimum atomic E-state index is -0.876. The summed E-state index contributed by atoms with van der Waals surface area (Å²) in [6.45, 7) is 4.01. The maximum atomic E-state index is 12.7. The van der Waals surface area contributed by atoms with Crippen molar-refractivity contribution in [1.82, 2.24) is 14.7 Å². The average molecular weight is 345 g/mol. The van der Waals surface area contributed by atoms with Crippen molar-refractivity contribution in [2.75, 3.05) is 6.61 Å². The summed E-state index contributed by atoms with van der Waals surface area (Å²) < 4.78 is 13.1. The van der Waals surface area contributed by atoms with Crippen molar-refractivity contribution in [2.24, 2.45) is 0 Å². The van der Waals surface area contributed by atoms with Crippen LogP contribution in [0.1, 0.15) is 19.4 Å². The molecule has 1 N–H and O–H groups in total. The maximum Gasteiger partial charge on any atom is 0.412 e. The van der Waals surface area contributed by atoms with E-state index in [0.717, 1.165) is 5.56 Å². The van der Waals surface area contributed by atoms with E-state index in [1.165, 1.54) is 0 Å². The van der Waals surface area contributed by atoms with Gasteiger partial charge >= 0.3 is 6.09 Å². The smallest absolute Gasteiger partial charge is 0.412 e. The van der Waals surface area contributed by atoms with Gasteiger partial charge in [-0.3, -0.25) is 9.58 Å². The second-order valence-electron chi connectivity index (χ2n) is 6.49. The molecule has 134 valence electrons. The summed E-state index contributed by atoms with van der Waals surface area (Å²) in [4.78, 5) is 14.3. The first kappa shape index (κ1) is 17.4. The van der Waals surface area contributed by atoms with E-state index in [2.05, 4.69) is 5.10 Å². The van der Waals surface area contributed by atoms with E-state index < -0.39 is 17.9 Å². The topological polar surface area (TPSA) is 76.8 Å². The molecule has 0 saturated carbocycles. The van der Waals surface area contributed by atoms with Crippen molar-refractivity contribution in [2.45, 2.75) is 44.9 Å². The van der Waals surface area contributed by atoms with Crippen LogP contribution in [-0.4, -0.2) is 50.4 Å². The third kappa shape index (κ3) is 3.83. The lowest BCUT2D eigenvalue weighted by Gasteiger charge is -2.32. The van der Waals surface area contributed by atoms with Gasteiger partial charge in [0.2, 0.25) is 0 Å². The summed E-state index contributed by atoms with van der Waals surface area (Å²) in [5, 5.41) is 13.9. The number of hydrogen-bond acceptors (Lipinski definition) is 5. The first-order valence-electron chi connectivity index (χ1n) is 8.27. The Balaban J connectivity index is 1.75. The van der Waals surface area contributed by atoms with Crippen LogP contribution in [0.2, 0.25) is 0 Å². The molecule has 1 fully saturated rings. The van der Waals surface area contributed by atoms with Gasteiger partial charge in [-0.05, 0) is 25.5 Å². The van der Waals surface area contributed by atoms with Gasteiger partial charge in [-0.15, -0.1) is 0 Å². The molecule has 0 aliphatic carbocycles. The van der Waals surface area contributed by atoms with Crippen molar-refractivity contribution in [3.63, 3.8) is 0 Å². The highest BCUT2D eigenvalue weighted by molar-refractivity contribution is 5.69. The van der Waals surface area contributed by atoms with Gasteiger partial charge in [0.15, 0.2) is 0 Å². The van der Waals surface area contributed by atoms with E-state index in [1.54, 1.807) is 29.6 Å². The van der Waals surface area contributed by atoms with Gasteiger partial charge in [-0.2, -0.15) is 5.10 Å². The molecule has 1 aliphatic rings. The van der Waals surface area contributed by atoms with E-state index in [0.29, 0.717) is 6.54 Å². The van der Waals surface area contributed by atoms with E-state index in [-0.39, 0.29) is 19.3 Å². The highest BCUT2D eigenvalue weighted by atomic mass is 16.6. The molecule has 7 nitrogen and oxygen atoms in total. The highest BCUT2D eigenvalue weighted by Crippen LogP contribution is 2.33. The van der Waals surface area contributed by atoms with Gasteiger partial charge in [0.1, 0.15) is 18.4 Å². The Labute approximate surface area is 146 Å². The predicted molar refractivity (Wildman–Crippen MR) is 90.5 cm³/mol. The number of benzene rings is 1.